The molecule has 21 heavy (non-hydrogen) atoms. The topological polar surface area (TPSA) is 41.1 Å². The van der Waals surface area contributed by atoms with Gasteiger partial charge in [0.15, 0.2) is 0 Å². The number of benzene rings is 2. The van der Waals surface area contributed by atoms with Crippen molar-refractivity contribution < 1.29 is 9.18 Å². The van der Waals surface area contributed by atoms with Gasteiger partial charge in [0, 0.05) is 17.5 Å². The summed E-state index contributed by atoms with van der Waals surface area (Å²) >= 11 is 0. The highest BCUT2D eigenvalue weighted by molar-refractivity contribution is 6.07. The molecule has 0 saturated carbocycles. The molecule has 2 aromatic carbocycles. The Bertz CT molecular complexity index is 650. The van der Waals surface area contributed by atoms with E-state index in [0.717, 1.165) is 25.9 Å². The van der Waals surface area contributed by atoms with Gasteiger partial charge in [0.2, 0.25) is 0 Å². The monoisotopic (exact) mass is 286 g/mol. The first-order valence-electron chi connectivity index (χ1n) is 7.42. The molecule has 0 aliphatic carbocycles. The zero-order valence-corrected chi connectivity index (χ0v) is 11.9. The first-order chi connectivity index (χ1) is 10.3. The molecule has 4 heteroatoms. The van der Waals surface area contributed by atoms with Gasteiger partial charge in [0.25, 0.3) is 5.91 Å². The maximum Gasteiger partial charge on any atom is 0.251 e. The number of hydrogen-bond donors (Lipinski definition) is 2. The van der Waals surface area contributed by atoms with E-state index in [4.69, 9.17) is 0 Å². The molecule has 1 aliphatic rings. The van der Waals surface area contributed by atoms with Gasteiger partial charge in [-0.1, -0.05) is 24.3 Å². The maximum atomic E-state index is 13.8. The number of piperidine rings is 1. The van der Waals surface area contributed by atoms with E-state index in [1.54, 1.807) is 24.3 Å². The molecule has 0 radical (unpaired) electrons. The summed E-state index contributed by atoms with van der Waals surface area (Å²) in [6, 6.07) is 10.0. The summed E-state index contributed by atoms with van der Waals surface area (Å²) in [6.45, 7) is 2.71. The molecule has 2 aromatic rings. The van der Waals surface area contributed by atoms with E-state index in [2.05, 4.69) is 10.6 Å². The number of halogens is 1. The normalized spacial score (nSPS) is 16.0. The van der Waals surface area contributed by atoms with Crippen LogP contribution in [0.3, 0.4) is 0 Å². The van der Waals surface area contributed by atoms with Crippen molar-refractivity contribution in [2.75, 3.05) is 19.6 Å². The van der Waals surface area contributed by atoms with Gasteiger partial charge in [-0.3, -0.25) is 4.79 Å². The van der Waals surface area contributed by atoms with Gasteiger partial charge >= 0.3 is 0 Å². The van der Waals surface area contributed by atoms with E-state index in [9.17, 15) is 9.18 Å². The van der Waals surface area contributed by atoms with E-state index in [0.29, 0.717) is 28.8 Å². The zero-order chi connectivity index (χ0) is 14.7. The third kappa shape index (κ3) is 3.05. The highest BCUT2D eigenvalue weighted by atomic mass is 19.1. The first-order valence-corrected chi connectivity index (χ1v) is 7.42. The van der Waals surface area contributed by atoms with Crippen LogP contribution in [0.5, 0.6) is 0 Å². The Morgan fingerprint density at radius 1 is 1.14 bits per heavy atom. The van der Waals surface area contributed by atoms with E-state index < -0.39 is 0 Å². The fourth-order valence-corrected chi connectivity index (χ4v) is 2.88. The lowest BCUT2D eigenvalue weighted by molar-refractivity contribution is 0.0946. The van der Waals surface area contributed by atoms with Crippen molar-refractivity contribution in [1.29, 1.82) is 0 Å². The lowest BCUT2D eigenvalue weighted by Crippen LogP contribution is -2.36. The van der Waals surface area contributed by atoms with Crippen LogP contribution in [0.4, 0.5) is 4.39 Å². The predicted octanol–water partition coefficient (Wildman–Crippen LogP) is 2.71. The Morgan fingerprint density at radius 3 is 2.62 bits per heavy atom. The van der Waals surface area contributed by atoms with Gasteiger partial charge in [-0.15, -0.1) is 0 Å². The molecule has 1 amide bonds. The second kappa shape index (κ2) is 6.22. The Morgan fingerprint density at radius 2 is 1.86 bits per heavy atom. The molecule has 3 rings (SSSR count). The lowest BCUT2D eigenvalue weighted by Gasteiger charge is -2.22. The summed E-state index contributed by atoms with van der Waals surface area (Å²) in [4.78, 5) is 12.4. The fourth-order valence-electron chi connectivity index (χ4n) is 2.88. The molecular weight excluding hydrogens is 267 g/mol. The van der Waals surface area contributed by atoms with Crippen LogP contribution in [0.15, 0.2) is 36.4 Å². The molecule has 0 atom stereocenters. The van der Waals surface area contributed by atoms with Gasteiger partial charge in [-0.25, -0.2) is 4.39 Å². The van der Waals surface area contributed by atoms with Crippen LogP contribution in [0.2, 0.25) is 0 Å². The summed E-state index contributed by atoms with van der Waals surface area (Å²) in [5, 5.41) is 7.46. The van der Waals surface area contributed by atoms with Crippen LogP contribution in [0.1, 0.15) is 23.2 Å². The van der Waals surface area contributed by atoms with Crippen molar-refractivity contribution in [3.63, 3.8) is 0 Å². The van der Waals surface area contributed by atoms with Crippen LogP contribution >= 0.6 is 0 Å². The van der Waals surface area contributed by atoms with Gasteiger partial charge in [0.05, 0.1) is 0 Å². The minimum absolute atomic E-state index is 0.121. The van der Waals surface area contributed by atoms with E-state index in [-0.39, 0.29) is 11.7 Å². The number of hydrogen-bond acceptors (Lipinski definition) is 2. The van der Waals surface area contributed by atoms with Crippen LogP contribution in [-0.4, -0.2) is 25.5 Å². The minimum Gasteiger partial charge on any atom is -0.352 e. The summed E-state index contributed by atoms with van der Waals surface area (Å²) in [6.07, 6.45) is 2.18. The average molecular weight is 286 g/mol. The zero-order valence-electron chi connectivity index (χ0n) is 11.9. The molecule has 1 saturated heterocycles. The van der Waals surface area contributed by atoms with Crippen molar-refractivity contribution in [1.82, 2.24) is 10.6 Å². The van der Waals surface area contributed by atoms with Crippen LogP contribution in [-0.2, 0) is 0 Å². The van der Waals surface area contributed by atoms with Gasteiger partial charge in [0.1, 0.15) is 5.82 Å². The fraction of sp³-hybridized carbons (Fsp3) is 0.353. The molecule has 0 unspecified atom stereocenters. The number of amides is 1. The van der Waals surface area contributed by atoms with Crippen molar-refractivity contribution in [3.05, 3.63) is 47.8 Å². The SMILES string of the molecule is O=C(NCC1CCNCC1)c1ccc(F)c2ccccc12. The Kier molecular flexibility index (Phi) is 4.15. The average Bonchev–Trinajstić information content (AvgIpc) is 2.54. The van der Waals surface area contributed by atoms with E-state index >= 15 is 0 Å². The predicted molar refractivity (Wildman–Crippen MR) is 81.8 cm³/mol. The second-order valence-corrected chi connectivity index (χ2v) is 5.54. The smallest absolute Gasteiger partial charge is 0.251 e. The van der Waals surface area contributed by atoms with Gasteiger partial charge < -0.3 is 10.6 Å². The quantitative estimate of drug-likeness (QED) is 0.911. The van der Waals surface area contributed by atoms with E-state index in [1.165, 1.54) is 6.07 Å². The van der Waals surface area contributed by atoms with Crippen LogP contribution < -0.4 is 10.6 Å². The number of fused-ring (bicyclic) bond motifs is 1. The first kappa shape index (κ1) is 14.0. The number of nitrogens with one attached hydrogen (secondary N) is 2. The molecule has 0 spiro atoms. The standard InChI is InChI=1S/C17H19FN2O/c18-16-6-5-15(13-3-1-2-4-14(13)16)17(21)20-11-12-7-9-19-10-8-12/h1-6,12,19H,7-11H2,(H,20,21). The molecular formula is C17H19FN2O. The molecule has 3 nitrogen and oxygen atoms in total. The summed E-state index contributed by atoms with van der Waals surface area (Å²) in [5.41, 5.74) is 0.543. The van der Waals surface area contributed by atoms with Crippen molar-refractivity contribution in [3.8, 4) is 0 Å². The third-order valence-electron chi connectivity index (χ3n) is 4.13. The molecule has 1 fully saturated rings. The molecule has 0 aromatic heterocycles. The summed E-state index contributed by atoms with van der Waals surface area (Å²) < 4.78 is 13.8. The van der Waals surface area contributed by atoms with E-state index in [1.807, 2.05) is 6.07 Å². The second-order valence-electron chi connectivity index (χ2n) is 5.54. The van der Waals surface area contributed by atoms with Crippen molar-refractivity contribution in [2.24, 2.45) is 5.92 Å². The van der Waals surface area contributed by atoms with Gasteiger partial charge in [-0.05, 0) is 49.4 Å². The molecule has 1 aliphatic heterocycles. The van der Waals surface area contributed by atoms with Crippen LogP contribution in [0, 0.1) is 11.7 Å². The van der Waals surface area contributed by atoms with Gasteiger partial charge in [-0.2, -0.15) is 0 Å². The van der Waals surface area contributed by atoms with Crippen molar-refractivity contribution >= 4 is 16.7 Å². The maximum absolute atomic E-state index is 13.8. The highest BCUT2D eigenvalue weighted by Crippen LogP contribution is 2.22. The summed E-state index contributed by atoms with van der Waals surface area (Å²) in [7, 11) is 0. The van der Waals surface area contributed by atoms with Crippen LogP contribution in [0.25, 0.3) is 10.8 Å². The Labute approximate surface area is 123 Å². The third-order valence-corrected chi connectivity index (χ3v) is 4.13. The molecule has 110 valence electrons. The number of carbonyl (C=O) groups excluding carboxylic acids is 1. The Balaban J connectivity index is 1.77. The summed E-state index contributed by atoms with van der Waals surface area (Å²) in [5.74, 6) is 0.118. The molecule has 1 heterocycles. The minimum atomic E-state index is -0.291. The largest absolute Gasteiger partial charge is 0.352 e. The molecule has 0 bridgehead atoms. The Hall–Kier alpha value is -1.94. The lowest BCUT2D eigenvalue weighted by atomic mass is 9.98. The highest BCUT2D eigenvalue weighted by Gasteiger charge is 2.16. The number of rotatable bonds is 3. The number of carbonyl (C=O) groups is 1. The molecule has 2 N–H and O–H groups in total. The van der Waals surface area contributed by atoms with Crippen molar-refractivity contribution in [2.45, 2.75) is 12.8 Å².